The second-order valence-electron chi connectivity index (χ2n) is 4.94. The Morgan fingerprint density at radius 2 is 1.15 bits per heavy atom. The van der Waals surface area contributed by atoms with Crippen molar-refractivity contribution in [3.63, 3.8) is 0 Å². The lowest BCUT2D eigenvalue weighted by molar-refractivity contribution is 1.25. The Kier molecular flexibility index (Phi) is 5.21. The van der Waals surface area contributed by atoms with Gasteiger partial charge in [0.2, 0.25) is 0 Å². The molecule has 106 valence electrons. The molecule has 0 fully saturated rings. The van der Waals surface area contributed by atoms with Gasteiger partial charge in [0, 0.05) is 23.5 Å². The van der Waals surface area contributed by atoms with E-state index in [2.05, 4.69) is 104 Å². The Morgan fingerprint density at radius 3 is 1.75 bits per heavy atom. The Morgan fingerprint density at radius 1 is 0.600 bits per heavy atom. The maximum absolute atomic E-state index is 3.73. The van der Waals surface area contributed by atoms with Gasteiger partial charge < -0.3 is 0 Å². The van der Waals surface area contributed by atoms with E-state index in [0.717, 1.165) is 17.9 Å². The molecule has 0 saturated heterocycles. The first-order valence-electron chi connectivity index (χ1n) is 6.17. The van der Waals surface area contributed by atoms with Crippen molar-refractivity contribution in [2.75, 3.05) is 0 Å². The predicted octanol–water partition coefficient (Wildman–Crippen LogP) is 7.64. The van der Waals surface area contributed by atoms with Gasteiger partial charge in [-0.1, -0.05) is 12.1 Å². The van der Waals surface area contributed by atoms with Gasteiger partial charge in [0.1, 0.15) is 0 Å². The van der Waals surface area contributed by atoms with Crippen LogP contribution in [0.15, 0.2) is 30.0 Å². The van der Waals surface area contributed by atoms with Crippen molar-refractivity contribution in [3.05, 3.63) is 52.3 Å². The zero-order chi connectivity index (χ0) is 15.2. The van der Waals surface area contributed by atoms with Gasteiger partial charge in [0.05, 0.1) is 0 Å². The highest BCUT2D eigenvalue weighted by molar-refractivity contribution is 9.15. The summed E-state index contributed by atoms with van der Waals surface area (Å²) in [5.41, 5.74) is 7.73. The molecule has 0 aromatic heterocycles. The molecule has 2 aromatic rings. The van der Waals surface area contributed by atoms with E-state index in [4.69, 9.17) is 0 Å². The molecule has 2 aromatic carbocycles. The molecule has 0 atom stereocenters. The van der Waals surface area contributed by atoms with Crippen molar-refractivity contribution >= 4 is 63.7 Å². The fraction of sp³-hybridized carbons (Fsp3) is 0.250. The van der Waals surface area contributed by atoms with Crippen LogP contribution < -0.4 is 0 Å². The van der Waals surface area contributed by atoms with Crippen molar-refractivity contribution in [1.82, 2.24) is 0 Å². The zero-order valence-corrected chi connectivity index (χ0v) is 18.0. The minimum Gasteiger partial charge on any atom is -0.0584 e. The molecule has 4 heteroatoms. The smallest absolute Gasteiger partial charge is 0.0477 e. The lowest BCUT2D eigenvalue weighted by atomic mass is 9.92. The highest BCUT2D eigenvalue weighted by atomic mass is 79.9. The van der Waals surface area contributed by atoms with Crippen LogP contribution >= 0.6 is 63.7 Å². The summed E-state index contributed by atoms with van der Waals surface area (Å²) in [4.78, 5) is 0. The van der Waals surface area contributed by atoms with Crippen LogP contribution in [0.2, 0.25) is 0 Å². The summed E-state index contributed by atoms with van der Waals surface area (Å²) in [5.74, 6) is 0. The maximum Gasteiger partial charge on any atom is 0.0477 e. The van der Waals surface area contributed by atoms with Gasteiger partial charge in [0.25, 0.3) is 0 Å². The number of hydrogen-bond acceptors (Lipinski definition) is 0. The minimum absolute atomic E-state index is 1.03. The number of rotatable bonds is 1. The Labute approximate surface area is 153 Å². The molecule has 0 aliphatic carbocycles. The highest BCUT2D eigenvalue weighted by Gasteiger charge is 2.19. The lowest BCUT2D eigenvalue weighted by Gasteiger charge is -2.18. The van der Waals surface area contributed by atoms with Gasteiger partial charge in [-0.15, -0.1) is 0 Å². The van der Waals surface area contributed by atoms with Gasteiger partial charge in [-0.3, -0.25) is 0 Å². The first kappa shape index (κ1) is 16.7. The van der Waals surface area contributed by atoms with Gasteiger partial charge in [-0.2, -0.15) is 0 Å². The van der Waals surface area contributed by atoms with E-state index in [9.17, 15) is 0 Å². The van der Waals surface area contributed by atoms with E-state index in [0.29, 0.717) is 0 Å². The lowest BCUT2D eigenvalue weighted by Crippen LogP contribution is -1.96. The van der Waals surface area contributed by atoms with E-state index in [1.54, 1.807) is 0 Å². The molecule has 0 bridgehead atoms. The Balaban J connectivity index is 2.87. The molecule has 20 heavy (non-hydrogen) atoms. The summed E-state index contributed by atoms with van der Waals surface area (Å²) in [5, 5.41) is 0. The number of hydrogen-bond donors (Lipinski definition) is 0. The van der Waals surface area contributed by atoms with Crippen molar-refractivity contribution < 1.29 is 0 Å². The van der Waals surface area contributed by atoms with E-state index in [1.165, 1.54) is 33.4 Å². The summed E-state index contributed by atoms with van der Waals surface area (Å²) >= 11 is 14.7. The van der Waals surface area contributed by atoms with E-state index >= 15 is 0 Å². The summed E-state index contributed by atoms with van der Waals surface area (Å²) in [6.07, 6.45) is 0. The van der Waals surface area contributed by atoms with Gasteiger partial charge in [-0.25, -0.2) is 0 Å². The van der Waals surface area contributed by atoms with E-state index < -0.39 is 0 Å². The maximum atomic E-state index is 3.73. The second kappa shape index (κ2) is 6.23. The summed E-state index contributed by atoms with van der Waals surface area (Å²) < 4.78 is 4.23. The summed E-state index contributed by atoms with van der Waals surface area (Å²) in [6, 6.07) is 4.39. The third-order valence-electron chi connectivity index (χ3n) is 3.83. The molecular weight excluding hydrogens is 512 g/mol. The van der Waals surface area contributed by atoms with Gasteiger partial charge >= 0.3 is 0 Å². The molecule has 0 amide bonds. The van der Waals surface area contributed by atoms with Crippen LogP contribution in [0.3, 0.4) is 0 Å². The van der Waals surface area contributed by atoms with Crippen LogP contribution in [0, 0.1) is 27.7 Å². The predicted molar refractivity (Wildman–Crippen MR) is 102 cm³/mol. The largest absolute Gasteiger partial charge is 0.0584 e. The fourth-order valence-electron chi connectivity index (χ4n) is 2.29. The van der Waals surface area contributed by atoms with Gasteiger partial charge in [0.15, 0.2) is 0 Å². The molecule has 0 unspecified atom stereocenters. The standard InChI is InChI=1S/C16H14Br4/c1-7-5-6-11(9(3)8(7)2)12-10(4)13(17)15(19)16(20)14(12)18/h5-6H,1-4H3. The first-order chi connectivity index (χ1) is 9.27. The molecule has 0 aliphatic heterocycles. The third-order valence-corrected chi connectivity index (χ3v) is 8.80. The second-order valence-corrected chi connectivity index (χ2v) is 8.11. The van der Waals surface area contributed by atoms with Crippen molar-refractivity contribution in [2.45, 2.75) is 27.7 Å². The molecular formula is C16H14Br4. The summed E-state index contributed by atoms with van der Waals surface area (Å²) in [6.45, 7) is 8.66. The quantitative estimate of drug-likeness (QED) is 0.265. The minimum atomic E-state index is 1.03. The summed E-state index contributed by atoms with van der Waals surface area (Å²) in [7, 11) is 0. The van der Waals surface area contributed by atoms with Crippen LogP contribution in [0.1, 0.15) is 22.3 Å². The average Bonchev–Trinajstić information content (AvgIpc) is 2.43. The molecule has 0 spiro atoms. The van der Waals surface area contributed by atoms with Crippen LogP contribution in [0.4, 0.5) is 0 Å². The highest BCUT2D eigenvalue weighted by Crippen LogP contribution is 2.46. The fourth-order valence-corrected chi connectivity index (χ4v) is 4.82. The van der Waals surface area contributed by atoms with Crippen molar-refractivity contribution in [1.29, 1.82) is 0 Å². The van der Waals surface area contributed by atoms with Crippen LogP contribution in [0.25, 0.3) is 11.1 Å². The normalized spacial score (nSPS) is 11.0. The molecule has 0 saturated carbocycles. The SMILES string of the molecule is Cc1ccc(-c2c(C)c(Br)c(Br)c(Br)c2Br)c(C)c1C. The monoisotopic (exact) mass is 522 g/mol. The van der Waals surface area contributed by atoms with Crippen LogP contribution in [-0.2, 0) is 0 Å². The van der Waals surface area contributed by atoms with Gasteiger partial charge in [-0.05, 0) is 119 Å². The molecule has 0 aliphatic rings. The first-order valence-corrected chi connectivity index (χ1v) is 9.34. The number of halogens is 4. The number of aryl methyl sites for hydroxylation is 1. The topological polar surface area (TPSA) is 0 Å². The van der Waals surface area contributed by atoms with E-state index in [1.807, 2.05) is 0 Å². The molecule has 0 nitrogen and oxygen atoms in total. The van der Waals surface area contributed by atoms with Crippen molar-refractivity contribution in [3.8, 4) is 11.1 Å². The Hall–Kier alpha value is 0.360. The van der Waals surface area contributed by atoms with Crippen molar-refractivity contribution in [2.24, 2.45) is 0 Å². The molecule has 0 radical (unpaired) electrons. The number of benzene rings is 2. The third kappa shape index (κ3) is 2.69. The molecule has 0 N–H and O–H groups in total. The molecule has 2 rings (SSSR count). The van der Waals surface area contributed by atoms with E-state index in [-0.39, 0.29) is 0 Å². The van der Waals surface area contributed by atoms with Crippen LogP contribution in [0.5, 0.6) is 0 Å². The molecule has 0 heterocycles. The zero-order valence-electron chi connectivity index (χ0n) is 11.7. The van der Waals surface area contributed by atoms with Crippen LogP contribution in [-0.4, -0.2) is 0 Å². The Bertz CT molecular complexity index is 673. The average molecular weight is 526 g/mol.